The minimum absolute atomic E-state index is 0. The Morgan fingerprint density at radius 3 is 0.969 bits per heavy atom. The second-order valence-electron chi connectivity index (χ2n) is 4.89. The van der Waals surface area contributed by atoms with E-state index in [1.165, 1.54) is 0 Å². The van der Waals surface area contributed by atoms with Crippen molar-refractivity contribution in [3.05, 3.63) is 0 Å². The van der Waals surface area contributed by atoms with Gasteiger partial charge < -0.3 is 77.1 Å². The summed E-state index contributed by atoms with van der Waals surface area (Å²) < 4.78 is 0. The van der Waals surface area contributed by atoms with Gasteiger partial charge >= 0.3 is 107 Å². The first-order chi connectivity index (χ1) is 11.6. The fraction of sp³-hybridized carbons (Fsp3) is 0.500. The molecule has 20 heteroatoms. The number of rotatable bonds is 10. The van der Waals surface area contributed by atoms with Gasteiger partial charge in [0.25, 0.3) is 0 Å². The van der Waals surface area contributed by atoms with Gasteiger partial charge in [0.05, 0.1) is 18.8 Å². The Bertz CT molecular complexity index is 523. The molecule has 0 spiro atoms. The van der Waals surface area contributed by atoms with Gasteiger partial charge in [-0.05, 0) is 0 Å². The number of aliphatic hydroxyl groups is 2. The molecule has 0 aromatic rings. The monoisotopic (exact) mass is 532 g/mol. The van der Waals surface area contributed by atoms with Crippen LogP contribution in [0.25, 0.3) is 0 Å². The third-order valence-corrected chi connectivity index (χ3v) is 2.54. The summed E-state index contributed by atoms with van der Waals surface area (Å²) >= 11 is 0. The van der Waals surface area contributed by atoms with Crippen LogP contribution in [-0.4, -0.2) is 132 Å². The minimum atomic E-state index is -2.97. The molecule has 0 aromatic carbocycles. The zero-order chi connectivity index (χ0) is 21.3. The minimum Gasteiger partial charge on any atom is -0.550 e. The van der Waals surface area contributed by atoms with Gasteiger partial charge in [0.1, 0.15) is 5.60 Å². The molecule has 0 unspecified atom stereocenters. The van der Waals surface area contributed by atoms with Gasteiger partial charge in [-0.15, -0.1) is 0 Å². The Morgan fingerprint density at radius 2 is 0.844 bits per heavy atom. The zero-order valence-corrected chi connectivity index (χ0v) is 21.8. The van der Waals surface area contributed by atoms with Crippen LogP contribution in [0.4, 0.5) is 0 Å². The normalized spacial score (nSPS) is 8.81. The standard InChI is InChI=1S/2C6H8O7.Ca.K.4H2O/c2*7-3(8)1-6(13,5(11)12)2-4(9)10;;;;;;/h2*13H,1-2H2,(H,7,8)(H,9,10)(H,11,12);;;4*1H2/q;;+2;+1;;;;/p-3. The number of carboxylic acid groups (broad SMARTS) is 6. The van der Waals surface area contributed by atoms with Crippen molar-refractivity contribution in [2.75, 3.05) is 0 Å². The average Bonchev–Trinajstić information content (AvgIpc) is 2.34. The van der Waals surface area contributed by atoms with E-state index in [0.717, 1.165) is 0 Å². The predicted octanol–water partition coefficient (Wildman–Crippen LogP) is -13.2. The molecule has 0 aliphatic carbocycles. The molecular formula is C12H21CaKO18. The van der Waals surface area contributed by atoms with E-state index in [2.05, 4.69) is 0 Å². The van der Waals surface area contributed by atoms with Crippen molar-refractivity contribution in [3.8, 4) is 0 Å². The maximum Gasteiger partial charge on any atom is 2.00 e. The summed E-state index contributed by atoms with van der Waals surface area (Å²) in [5.41, 5.74) is -5.71. The summed E-state index contributed by atoms with van der Waals surface area (Å²) in [7, 11) is 0. The average molecular weight is 532 g/mol. The Labute approximate surface area is 250 Å². The van der Waals surface area contributed by atoms with Crippen LogP contribution in [0.2, 0.25) is 0 Å². The topological polar surface area (TPSA) is 399 Å². The maximum absolute atomic E-state index is 10.3. The number of carbonyl (C=O) groups is 6. The number of aliphatic carboxylic acids is 6. The number of hydrogen-bond acceptors (Lipinski definition) is 11. The van der Waals surface area contributed by atoms with Crippen molar-refractivity contribution in [2.45, 2.75) is 36.9 Å². The molecule has 32 heavy (non-hydrogen) atoms. The Hall–Kier alpha value is -0.524. The summed E-state index contributed by atoms with van der Waals surface area (Å²) in [4.78, 5) is 60.5. The number of hydrogen-bond donors (Lipinski definition) is 5. The first kappa shape index (κ1) is 53.0. The van der Waals surface area contributed by atoms with E-state index in [4.69, 9.17) is 25.5 Å². The smallest absolute Gasteiger partial charge is 0.550 e. The summed E-state index contributed by atoms with van der Waals surface area (Å²) in [6.45, 7) is 0. The van der Waals surface area contributed by atoms with Crippen molar-refractivity contribution < 1.29 is 143 Å². The van der Waals surface area contributed by atoms with Crippen LogP contribution in [0, 0.1) is 0 Å². The second kappa shape index (κ2) is 23.6. The molecule has 18 nitrogen and oxygen atoms in total. The Morgan fingerprint density at radius 1 is 0.594 bits per heavy atom. The molecule has 0 bridgehead atoms. The van der Waals surface area contributed by atoms with Crippen LogP contribution >= 0.6 is 0 Å². The molecule has 0 aliphatic rings. The molecule has 0 heterocycles. The fourth-order valence-electron chi connectivity index (χ4n) is 1.40. The third-order valence-electron chi connectivity index (χ3n) is 2.54. The van der Waals surface area contributed by atoms with Crippen molar-refractivity contribution >= 4 is 73.6 Å². The van der Waals surface area contributed by atoms with Crippen molar-refractivity contribution in [1.29, 1.82) is 0 Å². The van der Waals surface area contributed by atoms with E-state index in [1.54, 1.807) is 0 Å². The molecule has 0 amide bonds. The van der Waals surface area contributed by atoms with Gasteiger partial charge in [-0.3, -0.25) is 9.59 Å². The van der Waals surface area contributed by atoms with Crippen LogP contribution in [0.5, 0.6) is 0 Å². The summed E-state index contributed by atoms with van der Waals surface area (Å²) in [6, 6.07) is 0. The molecule has 0 saturated heterocycles. The van der Waals surface area contributed by atoms with Crippen LogP contribution in [0.3, 0.4) is 0 Å². The van der Waals surface area contributed by atoms with Gasteiger partial charge in [-0.2, -0.15) is 0 Å². The SMILES string of the molecule is O.O.O.O.O=C(O)CC(O)(CC(=O)O)C(=O)O.O=C([O-])CC(O)(CC(=O)[O-])C(=O)[O-].[Ca+2].[K+]. The fourth-order valence-corrected chi connectivity index (χ4v) is 1.40. The molecular weight excluding hydrogens is 511 g/mol. The predicted molar refractivity (Wildman–Crippen MR) is 86.5 cm³/mol. The number of carbonyl (C=O) groups excluding carboxylic acids is 3. The van der Waals surface area contributed by atoms with Crippen molar-refractivity contribution in [1.82, 2.24) is 0 Å². The van der Waals surface area contributed by atoms with E-state index < -0.39 is 72.7 Å². The molecule has 180 valence electrons. The van der Waals surface area contributed by atoms with E-state index >= 15 is 0 Å². The molecule has 13 N–H and O–H groups in total. The quantitative estimate of drug-likeness (QED) is 0.163. The van der Waals surface area contributed by atoms with Gasteiger partial charge in [0.2, 0.25) is 0 Å². The van der Waals surface area contributed by atoms with Gasteiger partial charge in [0.15, 0.2) is 5.60 Å². The first-order valence-electron chi connectivity index (χ1n) is 6.28. The van der Waals surface area contributed by atoms with Crippen LogP contribution in [0.1, 0.15) is 25.7 Å². The summed E-state index contributed by atoms with van der Waals surface area (Å²) in [6.07, 6.45) is -5.00. The molecule has 0 saturated carbocycles. The van der Waals surface area contributed by atoms with E-state index in [1.807, 2.05) is 0 Å². The number of carboxylic acids is 6. The maximum atomic E-state index is 10.3. The Balaban J connectivity index is -0.0000000505. The van der Waals surface area contributed by atoms with E-state index in [-0.39, 0.29) is 111 Å². The van der Waals surface area contributed by atoms with Crippen LogP contribution in [-0.2, 0) is 28.8 Å². The largest absolute Gasteiger partial charge is 2.00 e. The molecule has 0 aromatic heterocycles. The van der Waals surface area contributed by atoms with Crippen LogP contribution in [0.15, 0.2) is 0 Å². The zero-order valence-electron chi connectivity index (χ0n) is 16.4. The van der Waals surface area contributed by atoms with Gasteiger partial charge in [-0.1, -0.05) is 0 Å². The van der Waals surface area contributed by atoms with Crippen molar-refractivity contribution in [2.24, 2.45) is 0 Å². The Kier molecular flexibility index (Phi) is 39.2. The summed E-state index contributed by atoms with van der Waals surface area (Å²) in [5, 5.41) is 72.7. The molecule has 0 fully saturated rings. The molecule has 0 atom stereocenters. The third kappa shape index (κ3) is 24.1. The van der Waals surface area contributed by atoms with E-state index in [9.17, 15) is 44.1 Å². The molecule has 0 aliphatic heterocycles. The summed E-state index contributed by atoms with van der Waals surface area (Å²) in [5.74, 6) is -11.0. The van der Waals surface area contributed by atoms with E-state index in [0.29, 0.717) is 0 Å². The first-order valence-corrected chi connectivity index (χ1v) is 6.28. The second-order valence-corrected chi connectivity index (χ2v) is 4.89. The van der Waals surface area contributed by atoms with Crippen LogP contribution < -0.4 is 66.7 Å². The van der Waals surface area contributed by atoms with Gasteiger partial charge in [-0.25, -0.2) is 4.79 Å². The molecule has 0 radical (unpaired) electrons. The van der Waals surface area contributed by atoms with Gasteiger partial charge in [0, 0.05) is 24.8 Å². The molecule has 0 rings (SSSR count). The van der Waals surface area contributed by atoms with Crippen molar-refractivity contribution in [3.63, 3.8) is 0 Å².